The van der Waals surface area contributed by atoms with Gasteiger partial charge in [-0.2, -0.15) is 0 Å². The Labute approximate surface area is 56.9 Å². The predicted octanol–water partition coefficient (Wildman–Crippen LogP) is -0.796. The van der Waals surface area contributed by atoms with Gasteiger partial charge >= 0.3 is 0 Å². The molecule has 9 heavy (non-hydrogen) atoms. The summed E-state index contributed by atoms with van der Waals surface area (Å²) in [6, 6.07) is 0.144. The van der Waals surface area contributed by atoms with Crippen LogP contribution in [0.1, 0.15) is 6.42 Å². The SMILES string of the molecule is OC[C@@H]1C[C@H](O)CN1P. The van der Waals surface area contributed by atoms with Crippen LogP contribution in [0.15, 0.2) is 0 Å². The molecule has 0 radical (unpaired) electrons. The highest BCUT2D eigenvalue weighted by Crippen LogP contribution is 2.20. The second kappa shape index (κ2) is 2.93. The van der Waals surface area contributed by atoms with Gasteiger partial charge in [0.1, 0.15) is 0 Å². The zero-order chi connectivity index (χ0) is 6.85. The molecule has 3 nitrogen and oxygen atoms in total. The van der Waals surface area contributed by atoms with Crippen molar-refractivity contribution in [2.75, 3.05) is 13.2 Å². The lowest BCUT2D eigenvalue weighted by molar-refractivity contribution is 0.184. The van der Waals surface area contributed by atoms with Crippen molar-refractivity contribution in [3.05, 3.63) is 0 Å². The lowest BCUT2D eigenvalue weighted by Gasteiger charge is -2.14. The third-order valence-electron chi connectivity index (χ3n) is 1.65. The maximum atomic E-state index is 9.04. The minimum absolute atomic E-state index is 0.139. The van der Waals surface area contributed by atoms with E-state index in [9.17, 15) is 0 Å². The number of aliphatic hydroxyl groups is 2. The molecule has 3 atom stereocenters. The van der Waals surface area contributed by atoms with Gasteiger partial charge in [-0.1, -0.05) is 9.39 Å². The summed E-state index contributed by atoms with van der Waals surface area (Å²) in [5.41, 5.74) is 0. The highest BCUT2D eigenvalue weighted by Gasteiger charge is 2.26. The van der Waals surface area contributed by atoms with Crippen molar-refractivity contribution in [3.8, 4) is 0 Å². The van der Waals surface area contributed by atoms with Crippen molar-refractivity contribution in [1.29, 1.82) is 0 Å². The highest BCUT2D eigenvalue weighted by atomic mass is 31.0. The molecule has 0 amide bonds. The van der Waals surface area contributed by atoms with Crippen LogP contribution in [0.5, 0.6) is 0 Å². The van der Waals surface area contributed by atoms with Gasteiger partial charge in [-0.05, 0) is 6.42 Å². The zero-order valence-electron chi connectivity index (χ0n) is 5.20. The first-order valence-electron chi connectivity index (χ1n) is 3.04. The molecule has 1 rings (SSSR count). The number of hydrogen-bond donors (Lipinski definition) is 2. The maximum Gasteiger partial charge on any atom is 0.0686 e. The van der Waals surface area contributed by atoms with Gasteiger partial charge < -0.3 is 10.2 Å². The van der Waals surface area contributed by atoms with Crippen molar-refractivity contribution in [2.45, 2.75) is 18.6 Å². The molecule has 0 saturated carbocycles. The Morgan fingerprint density at radius 1 is 1.67 bits per heavy atom. The van der Waals surface area contributed by atoms with Crippen LogP contribution in [0.4, 0.5) is 0 Å². The minimum Gasteiger partial charge on any atom is -0.395 e. The summed E-state index contributed by atoms with van der Waals surface area (Å²) in [4.78, 5) is 0. The fraction of sp³-hybridized carbons (Fsp3) is 1.00. The van der Waals surface area contributed by atoms with Crippen LogP contribution in [0.2, 0.25) is 0 Å². The van der Waals surface area contributed by atoms with E-state index in [0.29, 0.717) is 13.0 Å². The van der Waals surface area contributed by atoms with Gasteiger partial charge in [0.05, 0.1) is 12.7 Å². The molecule has 0 aromatic rings. The number of β-amino-alcohol motifs (C(OH)–C–C–N with tert-alkyl or cyclic N) is 1. The summed E-state index contributed by atoms with van der Waals surface area (Å²) < 4.78 is 1.89. The van der Waals surface area contributed by atoms with Crippen LogP contribution < -0.4 is 0 Å². The average Bonchev–Trinajstić information content (AvgIpc) is 2.10. The van der Waals surface area contributed by atoms with E-state index in [0.717, 1.165) is 0 Å². The van der Waals surface area contributed by atoms with Crippen molar-refractivity contribution in [2.24, 2.45) is 0 Å². The van der Waals surface area contributed by atoms with Crippen LogP contribution in [-0.4, -0.2) is 40.2 Å². The van der Waals surface area contributed by atoms with Gasteiger partial charge in [-0.3, -0.25) is 4.67 Å². The van der Waals surface area contributed by atoms with E-state index in [1.165, 1.54) is 0 Å². The van der Waals surface area contributed by atoms with Crippen molar-refractivity contribution < 1.29 is 10.2 Å². The van der Waals surface area contributed by atoms with Gasteiger partial charge in [-0.15, -0.1) is 0 Å². The Balaban J connectivity index is 2.38. The largest absolute Gasteiger partial charge is 0.395 e. The topological polar surface area (TPSA) is 43.7 Å². The van der Waals surface area contributed by atoms with E-state index in [2.05, 4.69) is 9.39 Å². The van der Waals surface area contributed by atoms with Gasteiger partial charge in [0.25, 0.3) is 0 Å². The molecule has 0 spiro atoms. The summed E-state index contributed by atoms with van der Waals surface area (Å²) in [5.74, 6) is 0. The van der Waals surface area contributed by atoms with E-state index in [4.69, 9.17) is 10.2 Å². The number of aliphatic hydroxyl groups excluding tert-OH is 2. The second-order valence-electron chi connectivity index (χ2n) is 2.42. The molecule has 2 N–H and O–H groups in total. The van der Waals surface area contributed by atoms with Gasteiger partial charge in [0.2, 0.25) is 0 Å². The maximum absolute atomic E-state index is 9.04. The van der Waals surface area contributed by atoms with Crippen LogP contribution in [0.25, 0.3) is 0 Å². The average molecular weight is 149 g/mol. The van der Waals surface area contributed by atoms with E-state index >= 15 is 0 Å². The first-order valence-corrected chi connectivity index (χ1v) is 3.56. The molecule has 0 aromatic carbocycles. The van der Waals surface area contributed by atoms with Crippen LogP contribution in [0.3, 0.4) is 0 Å². The quantitative estimate of drug-likeness (QED) is 0.480. The summed E-state index contributed by atoms with van der Waals surface area (Å²) in [6.07, 6.45) is 0.444. The molecule has 4 heteroatoms. The molecule has 1 heterocycles. The molecule has 54 valence electrons. The Kier molecular flexibility index (Phi) is 2.42. The molecular formula is C5H12NO2P. The predicted molar refractivity (Wildman–Crippen MR) is 37.9 cm³/mol. The van der Waals surface area contributed by atoms with Gasteiger partial charge in [0.15, 0.2) is 0 Å². The summed E-state index contributed by atoms with van der Waals surface area (Å²) in [6.45, 7) is 0.802. The fourth-order valence-corrected chi connectivity index (χ4v) is 1.56. The Morgan fingerprint density at radius 3 is 2.56 bits per heavy atom. The third kappa shape index (κ3) is 1.62. The molecule has 0 bridgehead atoms. The number of hydrogen-bond acceptors (Lipinski definition) is 3. The van der Waals surface area contributed by atoms with Gasteiger partial charge in [-0.25, -0.2) is 0 Å². The van der Waals surface area contributed by atoms with E-state index in [1.807, 2.05) is 4.67 Å². The van der Waals surface area contributed by atoms with E-state index < -0.39 is 0 Å². The normalized spacial score (nSPS) is 37.7. The Morgan fingerprint density at radius 2 is 2.33 bits per heavy atom. The van der Waals surface area contributed by atoms with E-state index in [1.54, 1.807) is 0 Å². The summed E-state index contributed by atoms with van der Waals surface area (Å²) in [7, 11) is 2.49. The Bertz CT molecular complexity index is 101. The first-order chi connectivity index (χ1) is 4.24. The zero-order valence-corrected chi connectivity index (χ0v) is 6.35. The van der Waals surface area contributed by atoms with Gasteiger partial charge in [0, 0.05) is 12.6 Å². The molecular weight excluding hydrogens is 137 g/mol. The Hall–Kier alpha value is 0.310. The standard InChI is InChI=1S/C5H12NO2P/c7-3-4-1-5(8)2-6(4)9/h4-5,7-8H,1-3,9H2/t4-,5-/m0/s1. The molecule has 1 fully saturated rings. The van der Waals surface area contributed by atoms with Crippen LogP contribution in [-0.2, 0) is 0 Å². The van der Waals surface area contributed by atoms with Crippen molar-refractivity contribution in [1.82, 2.24) is 4.67 Å². The van der Waals surface area contributed by atoms with E-state index in [-0.39, 0.29) is 18.8 Å². The lowest BCUT2D eigenvalue weighted by Crippen LogP contribution is -2.22. The monoisotopic (exact) mass is 149 g/mol. The first kappa shape index (κ1) is 7.42. The summed E-state index contributed by atoms with van der Waals surface area (Å²) >= 11 is 0. The minimum atomic E-state index is -0.250. The highest BCUT2D eigenvalue weighted by molar-refractivity contribution is 7.13. The second-order valence-corrected chi connectivity index (χ2v) is 3.09. The molecule has 1 aliphatic rings. The molecule has 1 aliphatic heterocycles. The van der Waals surface area contributed by atoms with Crippen molar-refractivity contribution >= 4 is 9.39 Å². The summed E-state index contributed by atoms with van der Waals surface area (Å²) in [5, 5.41) is 17.7. The molecule has 1 unspecified atom stereocenters. The smallest absolute Gasteiger partial charge is 0.0686 e. The fourth-order valence-electron chi connectivity index (χ4n) is 1.10. The molecule has 0 aromatic heterocycles. The number of rotatable bonds is 1. The van der Waals surface area contributed by atoms with Crippen LogP contribution >= 0.6 is 9.39 Å². The third-order valence-corrected chi connectivity index (χ3v) is 2.28. The lowest BCUT2D eigenvalue weighted by atomic mass is 10.2. The van der Waals surface area contributed by atoms with Crippen molar-refractivity contribution in [3.63, 3.8) is 0 Å². The molecule has 1 saturated heterocycles. The van der Waals surface area contributed by atoms with Crippen LogP contribution in [0, 0.1) is 0 Å². The molecule has 0 aliphatic carbocycles. The number of nitrogens with zero attached hydrogens (tertiary/aromatic N) is 1.